The lowest BCUT2D eigenvalue weighted by Crippen LogP contribution is -2.43. The number of halogens is 3. The van der Waals surface area contributed by atoms with Gasteiger partial charge >= 0.3 is 6.18 Å². The van der Waals surface area contributed by atoms with E-state index in [1.807, 2.05) is 30.3 Å². The predicted molar refractivity (Wildman–Crippen MR) is 128 cm³/mol. The lowest BCUT2D eigenvalue weighted by molar-refractivity contribution is -0.137. The van der Waals surface area contributed by atoms with Crippen LogP contribution in [0, 0.1) is 11.3 Å². The Bertz CT molecular complexity index is 1380. The molecule has 1 aliphatic heterocycles. The maximum absolute atomic E-state index is 13.3. The van der Waals surface area contributed by atoms with Crippen LogP contribution in [-0.4, -0.2) is 41.1 Å². The minimum atomic E-state index is -4.60. The SMILES string of the molecule is N#Cc1ccc(NCc2cccc3[nH]c(-c4ccc(N5CCNCC5)nc4)nc23)cc1C(F)(F)F. The second-order valence-corrected chi connectivity index (χ2v) is 8.26. The third kappa shape index (κ3) is 4.76. The van der Waals surface area contributed by atoms with Gasteiger partial charge in [-0.15, -0.1) is 0 Å². The third-order valence-electron chi connectivity index (χ3n) is 5.99. The monoisotopic (exact) mass is 477 g/mol. The van der Waals surface area contributed by atoms with Crippen molar-refractivity contribution in [3.63, 3.8) is 0 Å². The molecule has 178 valence electrons. The minimum absolute atomic E-state index is 0.269. The molecular formula is C25H22F3N7. The molecule has 5 rings (SSSR count). The summed E-state index contributed by atoms with van der Waals surface area (Å²) in [6, 6.07) is 14.8. The van der Waals surface area contributed by atoms with E-state index in [9.17, 15) is 13.2 Å². The number of aromatic amines is 1. The number of pyridine rings is 1. The molecule has 1 aliphatic rings. The highest BCUT2D eigenvalue weighted by Gasteiger charge is 2.33. The van der Waals surface area contributed by atoms with Gasteiger partial charge in [0.15, 0.2) is 0 Å². The van der Waals surface area contributed by atoms with Crippen molar-refractivity contribution >= 4 is 22.5 Å². The Morgan fingerprint density at radius 3 is 2.63 bits per heavy atom. The van der Waals surface area contributed by atoms with Crippen LogP contribution in [0.4, 0.5) is 24.7 Å². The molecule has 35 heavy (non-hydrogen) atoms. The van der Waals surface area contributed by atoms with Crippen LogP contribution in [0.2, 0.25) is 0 Å². The fourth-order valence-electron chi connectivity index (χ4n) is 4.16. The number of H-pyrrole nitrogens is 1. The molecule has 0 bridgehead atoms. The number of hydrogen-bond donors (Lipinski definition) is 3. The van der Waals surface area contributed by atoms with Crippen LogP contribution in [0.25, 0.3) is 22.4 Å². The molecule has 7 nitrogen and oxygen atoms in total. The molecule has 3 N–H and O–H groups in total. The van der Waals surface area contributed by atoms with Crippen LogP contribution in [0.5, 0.6) is 0 Å². The van der Waals surface area contributed by atoms with E-state index in [1.165, 1.54) is 12.1 Å². The first-order chi connectivity index (χ1) is 16.9. The van der Waals surface area contributed by atoms with Gasteiger partial charge in [-0.25, -0.2) is 9.97 Å². The highest BCUT2D eigenvalue weighted by Crippen LogP contribution is 2.34. The summed E-state index contributed by atoms with van der Waals surface area (Å²) in [5, 5.41) is 15.3. The fraction of sp³-hybridized carbons (Fsp3) is 0.240. The van der Waals surface area contributed by atoms with Crippen molar-refractivity contribution < 1.29 is 13.2 Å². The highest BCUT2D eigenvalue weighted by atomic mass is 19.4. The Hall–Kier alpha value is -4.10. The van der Waals surface area contributed by atoms with Gasteiger partial charge in [-0.2, -0.15) is 18.4 Å². The van der Waals surface area contributed by atoms with E-state index >= 15 is 0 Å². The van der Waals surface area contributed by atoms with E-state index in [4.69, 9.17) is 10.2 Å². The average molecular weight is 477 g/mol. The van der Waals surface area contributed by atoms with E-state index in [-0.39, 0.29) is 12.2 Å². The number of nitriles is 1. The first kappa shape index (κ1) is 22.7. The number of nitrogens with one attached hydrogen (secondary N) is 3. The van der Waals surface area contributed by atoms with Crippen molar-refractivity contribution in [1.82, 2.24) is 20.3 Å². The zero-order valence-corrected chi connectivity index (χ0v) is 18.7. The number of nitrogens with zero attached hydrogens (tertiary/aromatic N) is 4. The summed E-state index contributed by atoms with van der Waals surface area (Å²) in [6.07, 6.45) is -2.81. The van der Waals surface area contributed by atoms with E-state index in [0.717, 1.165) is 60.2 Å². The molecule has 0 radical (unpaired) electrons. The molecule has 2 aromatic carbocycles. The van der Waals surface area contributed by atoms with Crippen molar-refractivity contribution in [3.8, 4) is 17.5 Å². The number of alkyl halides is 3. The number of hydrogen-bond acceptors (Lipinski definition) is 6. The van der Waals surface area contributed by atoms with Gasteiger partial charge in [0, 0.05) is 50.2 Å². The van der Waals surface area contributed by atoms with E-state index in [2.05, 4.69) is 25.5 Å². The second-order valence-electron chi connectivity index (χ2n) is 8.26. The maximum atomic E-state index is 13.3. The number of rotatable bonds is 5. The fourth-order valence-corrected chi connectivity index (χ4v) is 4.16. The van der Waals surface area contributed by atoms with E-state index in [0.29, 0.717) is 5.82 Å². The molecule has 0 spiro atoms. The van der Waals surface area contributed by atoms with Crippen LogP contribution >= 0.6 is 0 Å². The van der Waals surface area contributed by atoms with Crippen molar-refractivity contribution in [2.24, 2.45) is 0 Å². The quantitative estimate of drug-likeness (QED) is 0.391. The van der Waals surface area contributed by atoms with Crippen molar-refractivity contribution in [1.29, 1.82) is 5.26 Å². The zero-order valence-electron chi connectivity index (χ0n) is 18.7. The molecule has 3 heterocycles. The largest absolute Gasteiger partial charge is 0.417 e. The summed E-state index contributed by atoms with van der Waals surface area (Å²) in [5.74, 6) is 1.60. The summed E-state index contributed by atoms with van der Waals surface area (Å²) in [5.41, 5.74) is 2.14. The molecule has 0 unspecified atom stereocenters. The molecule has 0 amide bonds. The Morgan fingerprint density at radius 1 is 1.09 bits per heavy atom. The second kappa shape index (κ2) is 9.27. The maximum Gasteiger partial charge on any atom is 0.417 e. The number of para-hydroxylation sites is 1. The number of aromatic nitrogens is 3. The molecule has 2 aromatic heterocycles. The van der Waals surface area contributed by atoms with Gasteiger partial charge in [-0.3, -0.25) is 0 Å². The summed E-state index contributed by atoms with van der Waals surface area (Å²) >= 11 is 0. The Kier molecular flexibility index (Phi) is 6.01. The lowest BCUT2D eigenvalue weighted by atomic mass is 10.1. The number of benzene rings is 2. The number of fused-ring (bicyclic) bond motifs is 1. The van der Waals surface area contributed by atoms with Gasteiger partial charge in [-0.1, -0.05) is 12.1 Å². The molecule has 0 saturated carbocycles. The first-order valence-corrected chi connectivity index (χ1v) is 11.2. The van der Waals surface area contributed by atoms with Gasteiger partial charge in [-0.05, 0) is 42.0 Å². The van der Waals surface area contributed by atoms with Gasteiger partial charge in [0.1, 0.15) is 11.6 Å². The predicted octanol–water partition coefficient (Wildman–Crippen LogP) is 4.54. The molecule has 10 heteroatoms. The Balaban J connectivity index is 1.36. The van der Waals surface area contributed by atoms with Crippen LogP contribution in [0.3, 0.4) is 0 Å². The normalized spacial score (nSPS) is 14.2. The first-order valence-electron chi connectivity index (χ1n) is 11.2. The summed E-state index contributed by atoms with van der Waals surface area (Å²) in [7, 11) is 0. The molecule has 1 fully saturated rings. The van der Waals surface area contributed by atoms with Gasteiger partial charge < -0.3 is 20.5 Å². The van der Waals surface area contributed by atoms with Crippen LogP contribution in [0.1, 0.15) is 16.7 Å². The summed E-state index contributed by atoms with van der Waals surface area (Å²) in [4.78, 5) is 14.9. The van der Waals surface area contributed by atoms with E-state index < -0.39 is 17.3 Å². The highest BCUT2D eigenvalue weighted by molar-refractivity contribution is 5.82. The van der Waals surface area contributed by atoms with Crippen molar-refractivity contribution in [2.45, 2.75) is 12.7 Å². The average Bonchev–Trinajstić information content (AvgIpc) is 3.32. The summed E-state index contributed by atoms with van der Waals surface area (Å²) < 4.78 is 39.8. The van der Waals surface area contributed by atoms with Crippen molar-refractivity contribution in [2.75, 3.05) is 36.4 Å². The van der Waals surface area contributed by atoms with Crippen LogP contribution in [0.15, 0.2) is 54.7 Å². The zero-order chi connectivity index (χ0) is 24.4. The summed E-state index contributed by atoms with van der Waals surface area (Å²) in [6.45, 7) is 3.96. The van der Waals surface area contributed by atoms with Gasteiger partial charge in [0.2, 0.25) is 0 Å². The standard InChI is InChI=1S/C25H22F3N7/c26-25(27,28)20-12-19(6-4-16(20)13-29)31-14-17-2-1-3-21-23(17)34-24(33-21)18-5-7-22(32-15-18)35-10-8-30-9-11-35/h1-7,12,15,30-31H,8-11,14H2,(H,33,34). The number of anilines is 2. The molecule has 1 saturated heterocycles. The third-order valence-corrected chi connectivity index (χ3v) is 5.99. The molecule has 4 aromatic rings. The van der Waals surface area contributed by atoms with Crippen molar-refractivity contribution in [3.05, 3.63) is 71.4 Å². The van der Waals surface area contributed by atoms with Crippen LogP contribution < -0.4 is 15.5 Å². The van der Waals surface area contributed by atoms with Gasteiger partial charge in [0.25, 0.3) is 0 Å². The van der Waals surface area contributed by atoms with Gasteiger partial charge in [0.05, 0.1) is 28.2 Å². The number of piperazine rings is 1. The topological polar surface area (TPSA) is 92.7 Å². The minimum Gasteiger partial charge on any atom is -0.381 e. The molecule has 0 aliphatic carbocycles. The number of imidazole rings is 1. The van der Waals surface area contributed by atoms with Crippen LogP contribution in [-0.2, 0) is 12.7 Å². The smallest absolute Gasteiger partial charge is 0.381 e. The molecule has 0 atom stereocenters. The van der Waals surface area contributed by atoms with E-state index in [1.54, 1.807) is 12.3 Å². The Labute approximate surface area is 199 Å². The Morgan fingerprint density at radius 2 is 1.91 bits per heavy atom. The molecular weight excluding hydrogens is 455 g/mol. The lowest BCUT2D eigenvalue weighted by Gasteiger charge is -2.28.